The summed E-state index contributed by atoms with van der Waals surface area (Å²) in [4.78, 5) is -0.950. The van der Waals surface area contributed by atoms with E-state index in [2.05, 4.69) is 32.9 Å². The Morgan fingerprint density at radius 1 is 1.06 bits per heavy atom. The highest BCUT2D eigenvalue weighted by Gasteiger charge is 2.68. The van der Waals surface area contributed by atoms with Gasteiger partial charge in [-0.05, 0) is 25.7 Å². The van der Waals surface area contributed by atoms with Crippen molar-refractivity contribution in [3.63, 3.8) is 0 Å². The summed E-state index contributed by atoms with van der Waals surface area (Å²) >= 11 is 6.14. The molecule has 0 aromatic heterocycles. The van der Waals surface area contributed by atoms with Crippen LogP contribution >= 0.6 is 11.6 Å². The molecule has 0 radical (unpaired) electrons. The van der Waals surface area contributed by atoms with Crippen LogP contribution in [0.15, 0.2) is 11.1 Å². The van der Waals surface area contributed by atoms with Gasteiger partial charge < -0.3 is 0 Å². The molecule has 1 aliphatic rings. The summed E-state index contributed by atoms with van der Waals surface area (Å²) in [6.07, 6.45) is 4.14. The topological polar surface area (TPSA) is 47.6 Å². The van der Waals surface area contributed by atoms with Crippen LogP contribution in [0.4, 0.5) is 0 Å². The SMILES string of the molecule is CCC(CC)=C(CC)CC1(C#N)CC1(Cl)C#N. The number of allylic oxidation sites excluding steroid dienone is 2. The van der Waals surface area contributed by atoms with Crippen LogP contribution in [-0.2, 0) is 0 Å². The molecule has 0 saturated heterocycles. The smallest absolute Gasteiger partial charge is 0.151 e. The molecule has 2 unspecified atom stereocenters. The molecule has 17 heavy (non-hydrogen) atoms. The third kappa shape index (κ3) is 2.33. The molecule has 0 N–H and O–H groups in total. The predicted octanol–water partition coefficient (Wildman–Crippen LogP) is 4.32. The lowest BCUT2D eigenvalue weighted by Gasteiger charge is -2.15. The number of halogens is 1. The Bertz CT molecular complexity index is 407. The van der Waals surface area contributed by atoms with E-state index in [1.165, 1.54) is 11.1 Å². The van der Waals surface area contributed by atoms with Gasteiger partial charge in [0.25, 0.3) is 0 Å². The molecule has 1 saturated carbocycles. The van der Waals surface area contributed by atoms with E-state index in [1.54, 1.807) is 0 Å². The van der Waals surface area contributed by atoms with Crippen molar-refractivity contribution in [1.82, 2.24) is 0 Å². The van der Waals surface area contributed by atoms with Crippen molar-refractivity contribution >= 4 is 11.6 Å². The van der Waals surface area contributed by atoms with Crippen molar-refractivity contribution in [2.45, 2.75) is 57.7 Å². The Balaban J connectivity index is 2.96. The minimum Gasteiger partial charge on any atom is -0.198 e. The summed E-state index contributed by atoms with van der Waals surface area (Å²) in [5.74, 6) is 0. The van der Waals surface area contributed by atoms with E-state index in [4.69, 9.17) is 16.9 Å². The summed E-state index contributed by atoms with van der Waals surface area (Å²) in [5.41, 5.74) is 2.07. The lowest BCUT2D eigenvalue weighted by Crippen LogP contribution is -2.12. The maximum Gasteiger partial charge on any atom is 0.151 e. The summed E-state index contributed by atoms with van der Waals surface area (Å²) in [7, 11) is 0. The van der Waals surface area contributed by atoms with Crippen molar-refractivity contribution < 1.29 is 0 Å². The van der Waals surface area contributed by atoms with E-state index >= 15 is 0 Å². The monoisotopic (exact) mass is 250 g/mol. The van der Waals surface area contributed by atoms with Crippen LogP contribution in [0.2, 0.25) is 0 Å². The normalized spacial score (nSPS) is 30.2. The van der Waals surface area contributed by atoms with E-state index < -0.39 is 10.3 Å². The zero-order chi connectivity index (χ0) is 13.1. The van der Waals surface area contributed by atoms with Crippen LogP contribution in [0.3, 0.4) is 0 Å². The number of hydrogen-bond acceptors (Lipinski definition) is 2. The summed E-state index contributed by atoms with van der Waals surface area (Å²) in [5, 5.41) is 18.3. The molecule has 0 heterocycles. The lowest BCUT2D eigenvalue weighted by atomic mass is 9.89. The Hall–Kier alpha value is -0.990. The Kier molecular flexibility index (Phi) is 4.23. The van der Waals surface area contributed by atoms with Gasteiger partial charge in [-0.3, -0.25) is 0 Å². The van der Waals surface area contributed by atoms with Gasteiger partial charge in [-0.2, -0.15) is 10.5 Å². The third-order valence-corrected chi connectivity index (χ3v) is 4.45. The molecule has 0 aliphatic heterocycles. The number of nitriles is 2. The average molecular weight is 251 g/mol. The van der Waals surface area contributed by atoms with Gasteiger partial charge in [0.05, 0.1) is 17.6 Å². The largest absolute Gasteiger partial charge is 0.198 e. The Morgan fingerprint density at radius 2 is 1.59 bits per heavy atom. The van der Waals surface area contributed by atoms with Crippen LogP contribution in [-0.4, -0.2) is 4.87 Å². The van der Waals surface area contributed by atoms with Crippen LogP contribution < -0.4 is 0 Å². The highest BCUT2D eigenvalue weighted by atomic mass is 35.5. The molecule has 2 atom stereocenters. The van der Waals surface area contributed by atoms with Gasteiger partial charge >= 0.3 is 0 Å². The van der Waals surface area contributed by atoms with E-state index in [0.717, 1.165) is 19.3 Å². The van der Waals surface area contributed by atoms with Gasteiger partial charge in [-0.25, -0.2) is 0 Å². The first-order chi connectivity index (χ1) is 8.02. The lowest BCUT2D eigenvalue weighted by molar-refractivity contribution is 0.614. The number of alkyl halides is 1. The molecule has 0 amide bonds. The molecular formula is C14H19ClN2. The van der Waals surface area contributed by atoms with Gasteiger partial charge in [-0.15, -0.1) is 11.6 Å². The molecule has 0 aromatic carbocycles. The van der Waals surface area contributed by atoms with E-state index in [9.17, 15) is 5.26 Å². The molecule has 3 heteroatoms. The number of hydrogen-bond donors (Lipinski definition) is 0. The van der Waals surface area contributed by atoms with Crippen LogP contribution in [0.25, 0.3) is 0 Å². The first-order valence-corrected chi connectivity index (χ1v) is 6.61. The molecule has 0 bridgehead atoms. The van der Waals surface area contributed by atoms with E-state index in [-0.39, 0.29) is 0 Å². The second kappa shape index (κ2) is 5.11. The Labute approximate surface area is 109 Å². The van der Waals surface area contributed by atoms with Gasteiger partial charge in [0, 0.05) is 6.42 Å². The number of nitrogens with zero attached hydrogens (tertiary/aromatic N) is 2. The maximum absolute atomic E-state index is 9.29. The van der Waals surface area contributed by atoms with Gasteiger partial charge in [0.1, 0.15) is 0 Å². The maximum atomic E-state index is 9.29. The van der Waals surface area contributed by atoms with Crippen molar-refractivity contribution in [1.29, 1.82) is 10.5 Å². The van der Waals surface area contributed by atoms with Gasteiger partial charge in [0.15, 0.2) is 4.87 Å². The van der Waals surface area contributed by atoms with E-state index in [0.29, 0.717) is 12.8 Å². The van der Waals surface area contributed by atoms with Crippen LogP contribution in [0.1, 0.15) is 52.9 Å². The minimum atomic E-state index is -0.950. The molecule has 92 valence electrons. The quantitative estimate of drug-likeness (QED) is 0.539. The predicted molar refractivity (Wildman–Crippen MR) is 69.4 cm³/mol. The second-order valence-corrected chi connectivity index (χ2v) is 5.37. The number of rotatable bonds is 5. The molecule has 2 nitrogen and oxygen atoms in total. The van der Waals surface area contributed by atoms with Crippen molar-refractivity contribution in [3.05, 3.63) is 11.1 Å². The molecular weight excluding hydrogens is 232 g/mol. The molecule has 1 fully saturated rings. The second-order valence-electron chi connectivity index (χ2n) is 4.73. The zero-order valence-electron chi connectivity index (χ0n) is 10.8. The zero-order valence-corrected chi connectivity index (χ0v) is 11.6. The summed E-state index contributed by atoms with van der Waals surface area (Å²) in [6, 6.07) is 4.36. The van der Waals surface area contributed by atoms with Crippen molar-refractivity contribution in [2.24, 2.45) is 5.41 Å². The highest BCUT2D eigenvalue weighted by Crippen LogP contribution is 2.63. The molecule has 0 aromatic rings. The van der Waals surface area contributed by atoms with Gasteiger partial charge in [0.2, 0.25) is 0 Å². The fourth-order valence-electron chi connectivity index (χ4n) is 2.50. The minimum absolute atomic E-state index is 0.499. The third-order valence-electron chi connectivity index (χ3n) is 3.87. The average Bonchev–Trinajstić information content (AvgIpc) is 2.96. The fourth-order valence-corrected chi connectivity index (χ4v) is 2.84. The van der Waals surface area contributed by atoms with Crippen molar-refractivity contribution in [3.8, 4) is 12.1 Å². The first kappa shape index (κ1) is 14.1. The molecule has 1 aliphatic carbocycles. The molecule has 0 spiro atoms. The molecule has 1 rings (SSSR count). The van der Waals surface area contributed by atoms with E-state index in [1.807, 2.05) is 0 Å². The first-order valence-electron chi connectivity index (χ1n) is 6.23. The Morgan fingerprint density at radius 3 is 1.88 bits per heavy atom. The van der Waals surface area contributed by atoms with Crippen LogP contribution in [0, 0.1) is 28.1 Å². The summed E-state index contributed by atoms with van der Waals surface area (Å²) < 4.78 is 0. The summed E-state index contributed by atoms with van der Waals surface area (Å²) in [6.45, 7) is 6.38. The van der Waals surface area contributed by atoms with Gasteiger partial charge in [-0.1, -0.05) is 31.9 Å². The standard InChI is InChI=1S/C14H19ClN2/c1-4-11(5-2)12(6-3)7-13(9-16)8-14(13,15)10-17/h4-8H2,1-3H3. The fraction of sp³-hybridized carbons (Fsp3) is 0.714. The highest BCUT2D eigenvalue weighted by molar-refractivity contribution is 6.29. The van der Waals surface area contributed by atoms with Crippen LogP contribution in [0.5, 0.6) is 0 Å². The van der Waals surface area contributed by atoms with Crippen molar-refractivity contribution in [2.75, 3.05) is 0 Å².